The maximum absolute atomic E-state index is 12.3. The molecule has 1 N–H and O–H groups in total. The van der Waals surface area contributed by atoms with Crippen molar-refractivity contribution in [2.24, 2.45) is 0 Å². The molecule has 0 aliphatic rings. The standard InChI is InChI=1S/C13H9ClN4O2S/c14-13-8-10(3-4-17-13)21(19,20)18-9-1-2-11-12(7-9)16-6-5-15-11/h1-8,18H. The minimum atomic E-state index is -3.73. The number of benzene rings is 1. The van der Waals surface area contributed by atoms with Gasteiger partial charge in [0, 0.05) is 18.6 Å². The third kappa shape index (κ3) is 2.93. The molecule has 0 atom stereocenters. The molecule has 0 radical (unpaired) electrons. The van der Waals surface area contributed by atoms with E-state index in [2.05, 4.69) is 19.7 Å². The Morgan fingerprint density at radius 3 is 2.43 bits per heavy atom. The Morgan fingerprint density at radius 2 is 1.67 bits per heavy atom. The van der Waals surface area contributed by atoms with Crippen molar-refractivity contribution in [2.75, 3.05) is 4.72 Å². The lowest BCUT2D eigenvalue weighted by molar-refractivity contribution is 0.601. The number of halogens is 1. The highest BCUT2D eigenvalue weighted by Gasteiger charge is 2.15. The molecule has 3 aromatic rings. The molecular weight excluding hydrogens is 312 g/mol. The van der Waals surface area contributed by atoms with Crippen molar-refractivity contribution in [1.29, 1.82) is 0 Å². The summed E-state index contributed by atoms with van der Waals surface area (Å²) in [7, 11) is -3.73. The number of rotatable bonds is 3. The normalized spacial score (nSPS) is 11.5. The van der Waals surface area contributed by atoms with E-state index in [1.165, 1.54) is 18.3 Å². The van der Waals surface area contributed by atoms with Crippen LogP contribution in [0.4, 0.5) is 5.69 Å². The highest BCUT2D eigenvalue weighted by molar-refractivity contribution is 7.92. The zero-order chi connectivity index (χ0) is 14.9. The molecule has 3 rings (SSSR count). The Hall–Kier alpha value is -2.25. The number of fused-ring (bicyclic) bond motifs is 1. The molecule has 0 amide bonds. The van der Waals surface area contributed by atoms with Crippen molar-refractivity contribution in [3.05, 3.63) is 54.1 Å². The van der Waals surface area contributed by atoms with Crippen LogP contribution in [-0.2, 0) is 10.0 Å². The van der Waals surface area contributed by atoms with Gasteiger partial charge in [-0.25, -0.2) is 13.4 Å². The van der Waals surface area contributed by atoms with E-state index in [0.717, 1.165) is 0 Å². The highest BCUT2D eigenvalue weighted by atomic mass is 35.5. The predicted octanol–water partition coefficient (Wildman–Crippen LogP) is 2.48. The number of aromatic nitrogens is 3. The third-order valence-electron chi connectivity index (χ3n) is 2.73. The fourth-order valence-corrected chi connectivity index (χ4v) is 3.09. The Labute approximate surface area is 125 Å². The number of hydrogen-bond donors (Lipinski definition) is 1. The van der Waals surface area contributed by atoms with Gasteiger partial charge in [0.1, 0.15) is 5.15 Å². The maximum Gasteiger partial charge on any atom is 0.262 e. The first kappa shape index (κ1) is 13.7. The number of nitrogens with zero attached hydrogens (tertiary/aromatic N) is 3. The van der Waals surface area contributed by atoms with Gasteiger partial charge in [-0.3, -0.25) is 14.7 Å². The molecule has 0 fully saturated rings. The maximum atomic E-state index is 12.3. The summed E-state index contributed by atoms with van der Waals surface area (Å²) >= 11 is 5.71. The van der Waals surface area contributed by atoms with E-state index < -0.39 is 10.0 Å². The number of hydrogen-bond acceptors (Lipinski definition) is 5. The number of anilines is 1. The van der Waals surface area contributed by atoms with Gasteiger partial charge in [-0.2, -0.15) is 0 Å². The highest BCUT2D eigenvalue weighted by Crippen LogP contribution is 2.20. The van der Waals surface area contributed by atoms with Crippen LogP contribution in [0.5, 0.6) is 0 Å². The number of sulfonamides is 1. The van der Waals surface area contributed by atoms with Crippen LogP contribution < -0.4 is 4.72 Å². The summed E-state index contributed by atoms with van der Waals surface area (Å²) in [5.74, 6) is 0. The molecule has 0 saturated carbocycles. The van der Waals surface area contributed by atoms with Crippen LogP contribution in [0.2, 0.25) is 5.15 Å². The fourth-order valence-electron chi connectivity index (χ4n) is 1.79. The second-order valence-electron chi connectivity index (χ2n) is 4.18. The van der Waals surface area contributed by atoms with Crippen molar-refractivity contribution in [1.82, 2.24) is 15.0 Å². The molecule has 21 heavy (non-hydrogen) atoms. The van der Waals surface area contributed by atoms with Crippen LogP contribution in [0.3, 0.4) is 0 Å². The van der Waals surface area contributed by atoms with E-state index >= 15 is 0 Å². The summed E-state index contributed by atoms with van der Waals surface area (Å²) in [5.41, 5.74) is 1.69. The van der Waals surface area contributed by atoms with Gasteiger partial charge in [-0.05, 0) is 30.3 Å². The van der Waals surface area contributed by atoms with Gasteiger partial charge in [0.2, 0.25) is 0 Å². The lowest BCUT2D eigenvalue weighted by Gasteiger charge is -2.08. The fraction of sp³-hybridized carbons (Fsp3) is 0. The van der Waals surface area contributed by atoms with Gasteiger partial charge < -0.3 is 0 Å². The van der Waals surface area contributed by atoms with Crippen LogP contribution in [0.15, 0.2) is 53.8 Å². The average molecular weight is 321 g/mol. The molecule has 106 valence electrons. The van der Waals surface area contributed by atoms with E-state index in [1.807, 2.05) is 0 Å². The van der Waals surface area contributed by atoms with Crippen molar-refractivity contribution in [2.45, 2.75) is 4.90 Å². The van der Waals surface area contributed by atoms with Gasteiger partial charge in [0.25, 0.3) is 10.0 Å². The summed E-state index contributed by atoms with van der Waals surface area (Å²) in [6.07, 6.45) is 4.46. The first-order valence-corrected chi connectivity index (χ1v) is 7.76. The van der Waals surface area contributed by atoms with Gasteiger partial charge in [-0.1, -0.05) is 11.6 Å². The summed E-state index contributed by atoms with van der Waals surface area (Å²) in [4.78, 5) is 12.1. The van der Waals surface area contributed by atoms with Crippen LogP contribution in [0.1, 0.15) is 0 Å². The van der Waals surface area contributed by atoms with Gasteiger partial charge in [-0.15, -0.1) is 0 Å². The lowest BCUT2D eigenvalue weighted by atomic mass is 10.3. The molecule has 8 heteroatoms. The lowest BCUT2D eigenvalue weighted by Crippen LogP contribution is -2.13. The second-order valence-corrected chi connectivity index (χ2v) is 6.25. The van der Waals surface area contributed by atoms with E-state index in [0.29, 0.717) is 16.7 Å². The SMILES string of the molecule is O=S(=O)(Nc1ccc2nccnc2c1)c1ccnc(Cl)c1. The Bertz CT molecular complexity index is 915. The summed E-state index contributed by atoms with van der Waals surface area (Å²) in [5, 5.41) is 0.113. The van der Waals surface area contributed by atoms with Crippen molar-refractivity contribution in [3.8, 4) is 0 Å². The molecule has 0 bridgehead atoms. The number of pyridine rings is 1. The van der Waals surface area contributed by atoms with Crippen LogP contribution in [0, 0.1) is 0 Å². The molecular formula is C13H9ClN4O2S. The topological polar surface area (TPSA) is 84.8 Å². The first-order valence-electron chi connectivity index (χ1n) is 5.90. The largest absolute Gasteiger partial charge is 0.280 e. The van der Waals surface area contributed by atoms with E-state index in [4.69, 9.17) is 11.6 Å². The zero-order valence-electron chi connectivity index (χ0n) is 10.6. The molecule has 2 aromatic heterocycles. The summed E-state index contributed by atoms with van der Waals surface area (Å²) in [6.45, 7) is 0. The smallest absolute Gasteiger partial charge is 0.262 e. The molecule has 0 aliphatic heterocycles. The third-order valence-corrected chi connectivity index (χ3v) is 4.32. The second kappa shape index (κ2) is 5.27. The molecule has 0 unspecified atom stereocenters. The van der Waals surface area contributed by atoms with Crippen LogP contribution >= 0.6 is 11.6 Å². The minimum Gasteiger partial charge on any atom is -0.280 e. The molecule has 6 nitrogen and oxygen atoms in total. The quantitative estimate of drug-likeness (QED) is 0.749. The molecule has 0 saturated heterocycles. The molecule has 0 spiro atoms. The van der Waals surface area contributed by atoms with Gasteiger partial charge in [0.15, 0.2) is 0 Å². The Kier molecular flexibility index (Phi) is 3.44. The summed E-state index contributed by atoms with van der Waals surface area (Å²) < 4.78 is 27.0. The average Bonchev–Trinajstić information content (AvgIpc) is 2.47. The summed E-state index contributed by atoms with van der Waals surface area (Å²) in [6, 6.07) is 7.58. The number of nitrogens with one attached hydrogen (secondary N) is 1. The Balaban J connectivity index is 1.97. The van der Waals surface area contributed by atoms with Crippen molar-refractivity contribution < 1.29 is 8.42 Å². The first-order chi connectivity index (χ1) is 10.0. The Morgan fingerprint density at radius 1 is 0.905 bits per heavy atom. The molecule has 0 aliphatic carbocycles. The van der Waals surface area contributed by atoms with Crippen LogP contribution in [0.25, 0.3) is 11.0 Å². The van der Waals surface area contributed by atoms with Crippen molar-refractivity contribution in [3.63, 3.8) is 0 Å². The predicted molar refractivity (Wildman–Crippen MR) is 79.6 cm³/mol. The van der Waals surface area contributed by atoms with Gasteiger partial charge >= 0.3 is 0 Å². The van der Waals surface area contributed by atoms with E-state index in [1.54, 1.807) is 30.6 Å². The monoisotopic (exact) mass is 320 g/mol. The van der Waals surface area contributed by atoms with E-state index in [-0.39, 0.29) is 10.0 Å². The van der Waals surface area contributed by atoms with Gasteiger partial charge in [0.05, 0.1) is 21.6 Å². The molecule has 2 heterocycles. The van der Waals surface area contributed by atoms with E-state index in [9.17, 15) is 8.42 Å². The minimum absolute atomic E-state index is 0.0433. The van der Waals surface area contributed by atoms with Crippen LogP contribution in [-0.4, -0.2) is 23.4 Å². The molecule has 1 aromatic carbocycles. The van der Waals surface area contributed by atoms with Crippen molar-refractivity contribution >= 4 is 38.3 Å². The zero-order valence-corrected chi connectivity index (χ0v) is 12.1.